The van der Waals surface area contributed by atoms with Crippen molar-refractivity contribution in [2.75, 3.05) is 0 Å². The first-order chi connectivity index (χ1) is 10.4. The van der Waals surface area contributed by atoms with Crippen LogP contribution in [-0.2, 0) is 13.1 Å². The summed E-state index contributed by atoms with van der Waals surface area (Å²) in [5.74, 6) is 0. The van der Waals surface area contributed by atoms with Gasteiger partial charge in [0.2, 0.25) is 0 Å². The van der Waals surface area contributed by atoms with E-state index in [-0.39, 0.29) is 0 Å². The van der Waals surface area contributed by atoms with Crippen LogP contribution in [0.1, 0.15) is 74.9 Å². The first-order valence-corrected chi connectivity index (χ1v) is 9.64. The van der Waals surface area contributed by atoms with Gasteiger partial charge in [0.15, 0.2) is 0 Å². The van der Waals surface area contributed by atoms with E-state index >= 15 is 0 Å². The average Bonchev–Trinajstić information content (AvgIpc) is 3.02. The van der Waals surface area contributed by atoms with E-state index in [9.17, 15) is 0 Å². The third-order valence-electron chi connectivity index (χ3n) is 5.21. The van der Waals surface area contributed by atoms with Gasteiger partial charge in [-0.15, -0.1) is 11.3 Å². The molecule has 0 amide bonds. The molecule has 3 nitrogen and oxygen atoms in total. The minimum atomic E-state index is 0.581. The Bertz CT molecular complexity index is 401. The molecular weight excluding hydrogens is 278 g/mol. The smallest absolute Gasteiger partial charge is 0.106 e. The molecule has 0 bridgehead atoms. The summed E-state index contributed by atoms with van der Waals surface area (Å²) in [6.45, 7) is 1.63. The minimum Gasteiger partial charge on any atom is -0.325 e. The topological polar surface area (TPSA) is 42.1 Å². The molecule has 1 aromatic rings. The van der Waals surface area contributed by atoms with Gasteiger partial charge in [0.25, 0.3) is 0 Å². The Labute approximate surface area is 132 Å². The van der Waals surface area contributed by atoms with Crippen molar-refractivity contribution in [2.45, 2.75) is 89.4 Å². The highest BCUT2D eigenvalue weighted by molar-refractivity contribution is 7.09. The normalized spacial score (nSPS) is 22.0. The Morgan fingerprint density at radius 1 is 1.00 bits per heavy atom. The molecule has 0 unspecified atom stereocenters. The number of hydrogen-bond donors (Lipinski definition) is 1. The van der Waals surface area contributed by atoms with Gasteiger partial charge in [0.05, 0.1) is 5.69 Å². The fraction of sp³-hybridized carbons (Fsp3) is 0.824. The SMILES string of the molecule is NCc1nc(CN(C2CCCCC2)C2CCCCC2)cs1. The highest BCUT2D eigenvalue weighted by Gasteiger charge is 2.29. The van der Waals surface area contributed by atoms with Gasteiger partial charge in [-0.1, -0.05) is 38.5 Å². The van der Waals surface area contributed by atoms with E-state index in [1.54, 1.807) is 11.3 Å². The number of hydrogen-bond acceptors (Lipinski definition) is 4. The quantitative estimate of drug-likeness (QED) is 0.891. The molecule has 0 spiro atoms. The van der Waals surface area contributed by atoms with E-state index in [2.05, 4.69) is 10.3 Å². The van der Waals surface area contributed by atoms with Crippen LogP contribution in [0.5, 0.6) is 0 Å². The number of aromatic nitrogens is 1. The molecule has 0 saturated heterocycles. The Kier molecular flexibility index (Phi) is 5.67. The van der Waals surface area contributed by atoms with Crippen LogP contribution in [0.15, 0.2) is 5.38 Å². The second kappa shape index (κ2) is 7.70. The van der Waals surface area contributed by atoms with Crippen molar-refractivity contribution in [1.82, 2.24) is 9.88 Å². The molecule has 2 aliphatic carbocycles. The van der Waals surface area contributed by atoms with Crippen molar-refractivity contribution in [3.05, 3.63) is 16.1 Å². The number of nitrogens with two attached hydrogens (primary N) is 1. The summed E-state index contributed by atoms with van der Waals surface area (Å²) < 4.78 is 0. The van der Waals surface area contributed by atoms with Crippen LogP contribution in [-0.4, -0.2) is 22.0 Å². The highest BCUT2D eigenvalue weighted by atomic mass is 32.1. The molecule has 3 rings (SSSR count). The maximum atomic E-state index is 5.71. The Morgan fingerprint density at radius 2 is 1.57 bits per heavy atom. The first-order valence-electron chi connectivity index (χ1n) is 8.76. The molecule has 0 atom stereocenters. The summed E-state index contributed by atoms with van der Waals surface area (Å²) in [7, 11) is 0. The van der Waals surface area contributed by atoms with Crippen LogP contribution >= 0.6 is 11.3 Å². The molecule has 2 saturated carbocycles. The minimum absolute atomic E-state index is 0.581. The van der Waals surface area contributed by atoms with Gasteiger partial charge in [0.1, 0.15) is 5.01 Å². The Morgan fingerprint density at radius 3 is 2.05 bits per heavy atom. The molecule has 1 heterocycles. The zero-order valence-corrected chi connectivity index (χ0v) is 13.9. The van der Waals surface area contributed by atoms with Crippen LogP contribution in [0.3, 0.4) is 0 Å². The van der Waals surface area contributed by atoms with Gasteiger partial charge in [-0.3, -0.25) is 4.90 Å². The zero-order chi connectivity index (χ0) is 14.5. The average molecular weight is 308 g/mol. The van der Waals surface area contributed by atoms with Crippen molar-refractivity contribution >= 4 is 11.3 Å². The van der Waals surface area contributed by atoms with Crippen molar-refractivity contribution in [3.63, 3.8) is 0 Å². The Balaban J connectivity index is 1.70. The molecule has 1 aromatic heterocycles. The lowest BCUT2D eigenvalue weighted by Crippen LogP contribution is -2.44. The second-order valence-corrected chi connectivity index (χ2v) is 7.64. The van der Waals surface area contributed by atoms with Gasteiger partial charge in [-0.25, -0.2) is 4.98 Å². The van der Waals surface area contributed by atoms with Gasteiger partial charge >= 0.3 is 0 Å². The molecule has 4 heteroatoms. The van der Waals surface area contributed by atoms with Crippen LogP contribution in [0, 0.1) is 0 Å². The molecule has 2 fully saturated rings. The first kappa shape index (κ1) is 15.4. The lowest BCUT2D eigenvalue weighted by Gasteiger charge is -2.41. The number of thiazole rings is 1. The van der Waals surface area contributed by atoms with Crippen molar-refractivity contribution in [3.8, 4) is 0 Å². The molecule has 2 N–H and O–H groups in total. The van der Waals surface area contributed by atoms with Gasteiger partial charge in [-0.2, -0.15) is 0 Å². The van der Waals surface area contributed by atoms with Gasteiger partial charge in [-0.05, 0) is 25.7 Å². The van der Waals surface area contributed by atoms with E-state index in [4.69, 9.17) is 10.7 Å². The lowest BCUT2D eigenvalue weighted by molar-refractivity contribution is 0.0720. The summed E-state index contributed by atoms with van der Waals surface area (Å²) in [4.78, 5) is 7.52. The molecular formula is C17H29N3S. The molecule has 0 aromatic carbocycles. The highest BCUT2D eigenvalue weighted by Crippen LogP contribution is 2.31. The third-order valence-corrected chi connectivity index (χ3v) is 6.13. The van der Waals surface area contributed by atoms with E-state index in [1.165, 1.54) is 69.9 Å². The van der Waals surface area contributed by atoms with Crippen LogP contribution in [0.2, 0.25) is 0 Å². The molecule has 0 aliphatic heterocycles. The summed E-state index contributed by atoms with van der Waals surface area (Å²) >= 11 is 1.72. The van der Waals surface area contributed by atoms with Gasteiger partial charge < -0.3 is 5.73 Å². The van der Waals surface area contributed by atoms with Crippen LogP contribution in [0.4, 0.5) is 0 Å². The predicted molar refractivity (Wildman–Crippen MR) is 89.3 cm³/mol. The van der Waals surface area contributed by atoms with Gasteiger partial charge in [0, 0.05) is 30.6 Å². The third kappa shape index (κ3) is 4.05. The lowest BCUT2D eigenvalue weighted by atomic mass is 9.88. The number of rotatable bonds is 5. The molecule has 2 aliphatic rings. The summed E-state index contributed by atoms with van der Waals surface area (Å²) in [6, 6.07) is 1.59. The van der Waals surface area contributed by atoms with Crippen molar-refractivity contribution < 1.29 is 0 Å². The zero-order valence-electron chi connectivity index (χ0n) is 13.1. The summed E-state index contributed by atoms with van der Waals surface area (Å²) in [5, 5.41) is 3.30. The summed E-state index contributed by atoms with van der Waals surface area (Å²) in [5.41, 5.74) is 6.96. The van der Waals surface area contributed by atoms with E-state index in [0.29, 0.717) is 6.54 Å². The van der Waals surface area contributed by atoms with E-state index < -0.39 is 0 Å². The summed E-state index contributed by atoms with van der Waals surface area (Å²) in [6.07, 6.45) is 14.1. The number of nitrogens with zero attached hydrogens (tertiary/aromatic N) is 2. The van der Waals surface area contributed by atoms with Crippen LogP contribution < -0.4 is 5.73 Å². The maximum absolute atomic E-state index is 5.71. The van der Waals surface area contributed by atoms with Crippen molar-refractivity contribution in [2.24, 2.45) is 5.73 Å². The standard InChI is InChI=1S/C17H29N3S/c18-11-17-19-14(13-21-17)12-20(15-7-3-1-4-8-15)16-9-5-2-6-10-16/h13,15-16H,1-12,18H2. The molecule has 21 heavy (non-hydrogen) atoms. The van der Waals surface area contributed by atoms with Crippen LogP contribution in [0.25, 0.3) is 0 Å². The monoisotopic (exact) mass is 307 g/mol. The molecule has 0 radical (unpaired) electrons. The Hall–Kier alpha value is -0.450. The van der Waals surface area contributed by atoms with E-state index in [1.807, 2.05) is 0 Å². The fourth-order valence-corrected chi connectivity index (χ4v) is 4.75. The van der Waals surface area contributed by atoms with E-state index in [0.717, 1.165) is 23.6 Å². The largest absolute Gasteiger partial charge is 0.325 e. The molecule has 118 valence electrons. The predicted octanol–water partition coefficient (Wildman–Crippen LogP) is 4.07. The fourth-order valence-electron chi connectivity index (χ4n) is 4.08. The van der Waals surface area contributed by atoms with Crippen molar-refractivity contribution in [1.29, 1.82) is 0 Å². The second-order valence-electron chi connectivity index (χ2n) is 6.69. The maximum Gasteiger partial charge on any atom is 0.106 e.